The van der Waals surface area contributed by atoms with E-state index >= 15 is 0 Å². The molecule has 2 atom stereocenters. The van der Waals surface area contributed by atoms with Crippen molar-refractivity contribution in [2.75, 3.05) is 13.2 Å². The summed E-state index contributed by atoms with van der Waals surface area (Å²) in [6.07, 6.45) is 4.71. The van der Waals surface area contributed by atoms with E-state index in [1.165, 1.54) is 0 Å². The lowest BCUT2D eigenvalue weighted by atomic mass is 9.56. The summed E-state index contributed by atoms with van der Waals surface area (Å²) in [4.78, 5) is 4.37. The smallest absolute Gasteiger partial charge is 0.136 e. The summed E-state index contributed by atoms with van der Waals surface area (Å²) < 4.78 is 7.76. The third-order valence-electron chi connectivity index (χ3n) is 5.11. The second-order valence-electron chi connectivity index (χ2n) is 6.68. The van der Waals surface area contributed by atoms with E-state index in [-0.39, 0.29) is 11.5 Å². The molecular formula is C17H25N3O2. The number of rotatable bonds is 6. The van der Waals surface area contributed by atoms with Crippen LogP contribution in [0.3, 0.4) is 0 Å². The summed E-state index contributed by atoms with van der Waals surface area (Å²) in [6.45, 7) is 8.09. The van der Waals surface area contributed by atoms with Crippen LogP contribution in [-0.2, 0) is 11.3 Å². The number of nitrogens with zero attached hydrogens (tertiary/aromatic N) is 2. The van der Waals surface area contributed by atoms with Crippen LogP contribution in [-0.4, -0.2) is 39.3 Å². The topological polar surface area (TPSA) is 58.8 Å². The minimum Gasteiger partial charge on any atom is -0.388 e. The van der Waals surface area contributed by atoms with Gasteiger partial charge in [-0.25, -0.2) is 4.98 Å². The molecule has 2 aromatic heterocycles. The first-order valence-corrected chi connectivity index (χ1v) is 7.93. The molecule has 2 N–H and O–H groups in total. The summed E-state index contributed by atoms with van der Waals surface area (Å²) in [6, 6.07) is 5.96. The van der Waals surface area contributed by atoms with Crippen molar-refractivity contribution < 1.29 is 9.84 Å². The Morgan fingerprint density at radius 2 is 2.27 bits per heavy atom. The van der Waals surface area contributed by atoms with Crippen molar-refractivity contribution in [1.82, 2.24) is 14.7 Å². The Labute approximate surface area is 131 Å². The van der Waals surface area contributed by atoms with Crippen LogP contribution in [0.15, 0.2) is 30.6 Å². The summed E-state index contributed by atoms with van der Waals surface area (Å²) >= 11 is 0. The van der Waals surface area contributed by atoms with Crippen molar-refractivity contribution in [2.24, 2.45) is 5.41 Å². The minimum atomic E-state index is -0.715. The molecule has 120 valence electrons. The number of aromatic nitrogens is 2. The van der Waals surface area contributed by atoms with E-state index in [4.69, 9.17) is 4.74 Å². The second kappa shape index (κ2) is 5.65. The van der Waals surface area contributed by atoms with Crippen LogP contribution in [0.1, 0.15) is 32.9 Å². The van der Waals surface area contributed by atoms with Gasteiger partial charge in [-0.2, -0.15) is 0 Å². The zero-order chi connectivity index (χ0) is 15.8. The summed E-state index contributed by atoms with van der Waals surface area (Å²) in [7, 11) is 0. The third kappa shape index (κ3) is 2.43. The Balaban J connectivity index is 1.59. The molecule has 0 radical (unpaired) electrons. The van der Waals surface area contributed by atoms with Gasteiger partial charge in [0.15, 0.2) is 0 Å². The van der Waals surface area contributed by atoms with Crippen LogP contribution in [0.2, 0.25) is 0 Å². The number of imidazole rings is 1. The average Bonchev–Trinajstić information content (AvgIpc) is 2.91. The molecule has 2 aromatic rings. The first-order chi connectivity index (χ1) is 10.5. The van der Waals surface area contributed by atoms with Crippen LogP contribution < -0.4 is 5.32 Å². The molecule has 0 amide bonds. The Hall–Kier alpha value is -1.43. The molecule has 5 heteroatoms. The molecule has 2 heterocycles. The number of nitrogens with one attached hydrogen (secondary N) is 1. The van der Waals surface area contributed by atoms with Crippen molar-refractivity contribution >= 4 is 5.65 Å². The van der Waals surface area contributed by atoms with E-state index in [2.05, 4.69) is 28.5 Å². The highest BCUT2D eigenvalue weighted by Crippen LogP contribution is 2.50. The highest BCUT2D eigenvalue weighted by molar-refractivity contribution is 5.39. The lowest BCUT2D eigenvalue weighted by Crippen LogP contribution is -2.68. The Kier molecular flexibility index (Phi) is 3.97. The number of ether oxygens (including phenoxy) is 1. The predicted molar refractivity (Wildman–Crippen MR) is 85.7 cm³/mol. The zero-order valence-corrected chi connectivity index (χ0v) is 13.5. The lowest BCUT2D eigenvalue weighted by molar-refractivity contribution is -0.238. The molecule has 3 rings (SSSR count). The fraction of sp³-hybridized carbons (Fsp3) is 0.588. The highest BCUT2D eigenvalue weighted by atomic mass is 16.5. The number of hydrogen-bond donors (Lipinski definition) is 2. The van der Waals surface area contributed by atoms with Crippen molar-refractivity contribution in [3.63, 3.8) is 0 Å². The molecule has 0 saturated heterocycles. The molecule has 5 nitrogen and oxygen atoms in total. The maximum Gasteiger partial charge on any atom is 0.136 e. The zero-order valence-electron chi connectivity index (χ0n) is 13.5. The number of aliphatic hydroxyl groups is 1. The van der Waals surface area contributed by atoms with Crippen molar-refractivity contribution in [3.8, 4) is 0 Å². The van der Waals surface area contributed by atoms with Crippen LogP contribution >= 0.6 is 0 Å². The van der Waals surface area contributed by atoms with E-state index in [1.54, 1.807) is 0 Å². The van der Waals surface area contributed by atoms with E-state index < -0.39 is 5.60 Å². The van der Waals surface area contributed by atoms with Gasteiger partial charge in [0, 0.05) is 37.7 Å². The highest BCUT2D eigenvalue weighted by Gasteiger charge is 2.59. The summed E-state index contributed by atoms with van der Waals surface area (Å²) in [5.41, 5.74) is 1.10. The van der Waals surface area contributed by atoms with Gasteiger partial charge in [-0.1, -0.05) is 19.9 Å². The molecule has 1 fully saturated rings. The fourth-order valence-electron chi connectivity index (χ4n) is 3.28. The summed E-state index contributed by atoms with van der Waals surface area (Å²) in [5, 5.41) is 14.2. The number of hydrogen-bond acceptors (Lipinski definition) is 4. The molecule has 1 aliphatic rings. The normalized spacial score (nSPS) is 27.0. The van der Waals surface area contributed by atoms with Crippen LogP contribution in [0.5, 0.6) is 0 Å². The molecule has 1 saturated carbocycles. The molecule has 0 unspecified atom stereocenters. The van der Waals surface area contributed by atoms with Gasteiger partial charge in [0.2, 0.25) is 0 Å². The van der Waals surface area contributed by atoms with Crippen LogP contribution in [0.25, 0.3) is 5.65 Å². The van der Waals surface area contributed by atoms with Gasteiger partial charge in [0.05, 0.1) is 23.6 Å². The van der Waals surface area contributed by atoms with Gasteiger partial charge >= 0.3 is 0 Å². The van der Waals surface area contributed by atoms with Gasteiger partial charge in [-0.15, -0.1) is 0 Å². The monoisotopic (exact) mass is 303 g/mol. The maximum absolute atomic E-state index is 10.8. The van der Waals surface area contributed by atoms with Crippen molar-refractivity contribution in [2.45, 2.75) is 45.4 Å². The molecule has 22 heavy (non-hydrogen) atoms. The molecular weight excluding hydrogens is 278 g/mol. The molecule has 1 aliphatic carbocycles. The standard InChI is InChI=1S/C17H25N3O2/c1-4-22-14-9-17(21,16(14,2)3)12-18-10-13-11-19-15-7-5-6-8-20(13)15/h5-8,11,14,18,21H,4,9-10,12H2,1-3H3/t14-,17+/m0/s1. The van der Waals surface area contributed by atoms with Gasteiger partial charge in [-0.05, 0) is 19.1 Å². The third-order valence-corrected chi connectivity index (χ3v) is 5.11. The van der Waals surface area contributed by atoms with Gasteiger partial charge < -0.3 is 19.6 Å². The lowest BCUT2D eigenvalue weighted by Gasteiger charge is -2.58. The van der Waals surface area contributed by atoms with Gasteiger partial charge in [0.25, 0.3) is 0 Å². The van der Waals surface area contributed by atoms with Gasteiger partial charge in [-0.3, -0.25) is 0 Å². The number of pyridine rings is 1. The first kappa shape index (κ1) is 15.5. The Morgan fingerprint density at radius 1 is 1.45 bits per heavy atom. The Morgan fingerprint density at radius 3 is 3.00 bits per heavy atom. The molecule has 0 aliphatic heterocycles. The van der Waals surface area contributed by atoms with E-state index in [9.17, 15) is 5.11 Å². The predicted octanol–water partition coefficient (Wildman–Crippen LogP) is 1.99. The fourth-order valence-corrected chi connectivity index (χ4v) is 3.28. The maximum atomic E-state index is 10.8. The minimum absolute atomic E-state index is 0.139. The first-order valence-electron chi connectivity index (χ1n) is 7.93. The van der Waals surface area contributed by atoms with E-state index in [0.717, 1.165) is 11.3 Å². The van der Waals surface area contributed by atoms with Crippen LogP contribution in [0.4, 0.5) is 0 Å². The SMILES string of the molecule is CCO[C@H]1C[C@@](O)(CNCc2cnc3ccccn23)C1(C)C. The van der Waals surface area contributed by atoms with E-state index in [0.29, 0.717) is 26.1 Å². The van der Waals surface area contributed by atoms with Crippen LogP contribution in [0, 0.1) is 5.41 Å². The Bertz CT molecular complexity index is 652. The van der Waals surface area contributed by atoms with Crippen molar-refractivity contribution in [3.05, 3.63) is 36.3 Å². The second-order valence-corrected chi connectivity index (χ2v) is 6.68. The molecule has 0 aromatic carbocycles. The summed E-state index contributed by atoms with van der Waals surface area (Å²) in [5.74, 6) is 0. The van der Waals surface area contributed by atoms with E-state index in [1.807, 2.05) is 37.5 Å². The van der Waals surface area contributed by atoms with Crippen molar-refractivity contribution in [1.29, 1.82) is 0 Å². The molecule has 0 bridgehead atoms. The average molecular weight is 303 g/mol. The largest absolute Gasteiger partial charge is 0.388 e. The quantitative estimate of drug-likeness (QED) is 0.857. The number of fused-ring (bicyclic) bond motifs is 1. The van der Waals surface area contributed by atoms with Gasteiger partial charge in [0.1, 0.15) is 5.65 Å². The molecule has 0 spiro atoms.